The third-order valence-electron chi connectivity index (χ3n) is 16.0. The van der Waals surface area contributed by atoms with Gasteiger partial charge in [-0.2, -0.15) is 0 Å². The number of ketones is 2. The highest BCUT2D eigenvalue weighted by Gasteiger charge is 2.56. The summed E-state index contributed by atoms with van der Waals surface area (Å²) in [6.45, 7) is 12.8. The van der Waals surface area contributed by atoms with E-state index in [1.807, 2.05) is 39.8 Å². The maximum Gasteiger partial charge on any atom is 0.329 e. The Hall–Kier alpha value is -4.66. The molecule has 2 bridgehead atoms. The van der Waals surface area contributed by atoms with Crippen molar-refractivity contribution in [3.8, 4) is 5.75 Å². The Balaban J connectivity index is 1.12. The number of amides is 1. The summed E-state index contributed by atoms with van der Waals surface area (Å²) < 4.78 is 39.7. The number of methoxy groups -OCH3 is 3. The van der Waals surface area contributed by atoms with Crippen LogP contribution in [0.3, 0.4) is 0 Å². The molecule has 0 radical (unpaired) electrons. The monoisotopic (exact) mass is 981 g/mol. The first-order valence-corrected chi connectivity index (χ1v) is 26.3. The number of ether oxygens (including phenoxy) is 6. The molecule has 1 aromatic heterocycles. The standard InChI is InChI=1S/C58H80N2O11/c1-10-43-29-36(2)28-37(3)30-51(67-8)54-52(68-9)32-40(6)58(65,71-54)55(62)56(63)60-26-15-14-18-47(60)57(64)70-53(38(4)19-23-48(43)61)39(5)31-42-20-24-49(50(33-42)66-7)69-45-21-22-46-44(34-45)25-27-59(46)35-41-16-12-11-13-17-41/h11-13,16-17,21-22,25,27,29,31,34,37-38,40,42-43,47,49-54,65H,10,14-15,18-20,23-24,26,28,30,32-33,35H2,1-9H3. The van der Waals surface area contributed by atoms with Gasteiger partial charge in [0.2, 0.25) is 5.79 Å². The van der Waals surface area contributed by atoms with Gasteiger partial charge in [-0.05, 0) is 138 Å². The molecule has 388 valence electrons. The van der Waals surface area contributed by atoms with Crippen molar-refractivity contribution in [2.45, 2.75) is 174 Å². The smallest absolute Gasteiger partial charge is 0.329 e. The van der Waals surface area contributed by atoms with E-state index in [4.69, 9.17) is 28.4 Å². The number of fused-ring (bicyclic) bond motifs is 4. The number of esters is 1. The van der Waals surface area contributed by atoms with Crippen molar-refractivity contribution in [3.05, 3.63) is 89.7 Å². The van der Waals surface area contributed by atoms with Crippen LogP contribution in [0.25, 0.3) is 10.9 Å². The molecular formula is C58H80N2O11. The molecule has 7 rings (SSSR count). The van der Waals surface area contributed by atoms with Crippen molar-refractivity contribution in [2.24, 2.45) is 29.6 Å². The van der Waals surface area contributed by atoms with Crippen LogP contribution in [0.5, 0.6) is 5.75 Å². The molecule has 13 nitrogen and oxygen atoms in total. The summed E-state index contributed by atoms with van der Waals surface area (Å²) in [7, 11) is 4.84. The SMILES string of the molecule is CCC1C=C(C)CC(C)CC(OC)C2OC(O)(C(=O)C(=O)N3CCCCC3C(=O)OC(C(C)=CC3CCC(Oc4ccc5c(ccn5Cc5ccccc5)c4)C(OC)C3)C(C)CCC1=O)C(C)CC2OC. The number of nitrogens with zero attached hydrogens (tertiary/aromatic N) is 2. The number of carbonyl (C=O) groups is 4. The van der Waals surface area contributed by atoms with Crippen LogP contribution in [0.2, 0.25) is 0 Å². The van der Waals surface area contributed by atoms with Gasteiger partial charge in [-0.15, -0.1) is 0 Å². The lowest BCUT2D eigenvalue weighted by Crippen LogP contribution is -2.64. The number of aliphatic hydroxyl groups is 1. The lowest BCUT2D eigenvalue weighted by atomic mass is 9.82. The van der Waals surface area contributed by atoms with E-state index in [0.717, 1.165) is 47.2 Å². The zero-order valence-electron chi connectivity index (χ0n) is 43.7. The minimum Gasteiger partial charge on any atom is -0.488 e. The number of cyclic esters (lactones) is 1. The number of hydrogen-bond donors (Lipinski definition) is 1. The second kappa shape index (κ2) is 24.4. The molecule has 3 aromatic rings. The molecule has 4 heterocycles. The number of benzene rings is 2. The minimum absolute atomic E-state index is 0.0814. The van der Waals surface area contributed by atoms with Gasteiger partial charge in [-0.1, -0.05) is 75.8 Å². The number of piperidine rings is 1. The van der Waals surface area contributed by atoms with Crippen LogP contribution in [-0.4, -0.2) is 114 Å². The van der Waals surface area contributed by atoms with Crippen molar-refractivity contribution in [2.75, 3.05) is 27.9 Å². The summed E-state index contributed by atoms with van der Waals surface area (Å²) in [5.74, 6) is -5.41. The van der Waals surface area contributed by atoms with Gasteiger partial charge in [-0.3, -0.25) is 14.4 Å². The molecule has 13 heteroatoms. The summed E-state index contributed by atoms with van der Waals surface area (Å²) in [6.07, 6.45) is 10.0. The summed E-state index contributed by atoms with van der Waals surface area (Å²) in [5.41, 5.74) is 4.31. The fraction of sp³-hybridized carbons (Fsp3) is 0.621. The Kier molecular flexibility index (Phi) is 18.6. The molecule has 71 heavy (non-hydrogen) atoms. The van der Waals surface area contributed by atoms with Crippen molar-refractivity contribution in [3.63, 3.8) is 0 Å². The molecule has 1 aliphatic carbocycles. The summed E-state index contributed by atoms with van der Waals surface area (Å²) in [6, 6.07) is 17.7. The topological polar surface area (TPSA) is 152 Å². The second-order valence-electron chi connectivity index (χ2n) is 21.3. The van der Waals surface area contributed by atoms with Crippen molar-refractivity contribution in [1.82, 2.24) is 9.47 Å². The maximum absolute atomic E-state index is 14.6. The molecule has 1 amide bonds. The molecule has 13 atom stereocenters. The normalized spacial score (nSPS) is 33.5. The predicted octanol–water partition coefficient (Wildman–Crippen LogP) is 9.59. The van der Waals surface area contributed by atoms with Crippen LogP contribution < -0.4 is 4.74 Å². The van der Waals surface area contributed by atoms with Crippen LogP contribution in [-0.2, 0) is 49.4 Å². The first-order chi connectivity index (χ1) is 34.1. The lowest BCUT2D eigenvalue weighted by molar-refractivity contribution is -0.302. The van der Waals surface area contributed by atoms with Crippen LogP contribution in [0.1, 0.15) is 124 Å². The Morgan fingerprint density at radius 1 is 0.859 bits per heavy atom. The first-order valence-electron chi connectivity index (χ1n) is 26.3. The lowest BCUT2D eigenvalue weighted by Gasteiger charge is -2.47. The zero-order chi connectivity index (χ0) is 51.0. The average molecular weight is 981 g/mol. The highest BCUT2D eigenvalue weighted by molar-refractivity contribution is 6.39. The quantitative estimate of drug-likeness (QED) is 0.118. The van der Waals surface area contributed by atoms with Gasteiger partial charge in [0, 0.05) is 69.8 Å². The van der Waals surface area contributed by atoms with Crippen LogP contribution in [0.15, 0.2) is 84.1 Å². The Bertz CT molecular complexity index is 2360. The van der Waals surface area contributed by atoms with Gasteiger partial charge in [0.1, 0.15) is 35.9 Å². The Labute approximate surface area is 421 Å². The van der Waals surface area contributed by atoms with Crippen molar-refractivity contribution in [1.29, 1.82) is 0 Å². The van der Waals surface area contributed by atoms with Crippen molar-refractivity contribution >= 4 is 34.3 Å². The zero-order valence-corrected chi connectivity index (χ0v) is 43.7. The number of allylic oxidation sites excluding steroid dienone is 3. The largest absolute Gasteiger partial charge is 0.488 e. The van der Waals surface area contributed by atoms with Gasteiger partial charge in [0.05, 0.1) is 18.3 Å². The van der Waals surface area contributed by atoms with E-state index in [-0.39, 0.29) is 54.6 Å². The fourth-order valence-electron chi connectivity index (χ4n) is 11.9. The molecule has 1 saturated carbocycles. The van der Waals surface area contributed by atoms with Gasteiger partial charge >= 0.3 is 5.97 Å². The van der Waals surface area contributed by atoms with Gasteiger partial charge in [0.15, 0.2) is 0 Å². The Morgan fingerprint density at radius 2 is 1.59 bits per heavy atom. The molecule has 2 aromatic carbocycles. The number of Topliss-reactive ketones (excluding diaryl/α,β-unsaturated/α-hetero) is 2. The molecule has 1 N–H and O–H groups in total. The van der Waals surface area contributed by atoms with Crippen LogP contribution >= 0.6 is 0 Å². The summed E-state index contributed by atoms with van der Waals surface area (Å²) in [4.78, 5) is 58.7. The second-order valence-corrected chi connectivity index (χ2v) is 21.3. The fourth-order valence-corrected chi connectivity index (χ4v) is 11.9. The highest BCUT2D eigenvalue weighted by atomic mass is 16.7. The van der Waals surface area contributed by atoms with Crippen LogP contribution in [0.4, 0.5) is 0 Å². The maximum atomic E-state index is 14.6. The third kappa shape index (κ3) is 12.8. The predicted molar refractivity (Wildman–Crippen MR) is 273 cm³/mol. The highest BCUT2D eigenvalue weighted by Crippen LogP contribution is 2.40. The Morgan fingerprint density at radius 3 is 2.31 bits per heavy atom. The molecule has 2 saturated heterocycles. The van der Waals surface area contributed by atoms with E-state index in [2.05, 4.69) is 72.3 Å². The minimum atomic E-state index is -2.48. The van der Waals surface area contributed by atoms with Crippen LogP contribution in [0, 0.1) is 29.6 Å². The number of carbonyl (C=O) groups excluding carboxylic acids is 4. The molecule has 0 spiro atoms. The van der Waals surface area contributed by atoms with Gasteiger partial charge in [-0.25, -0.2) is 4.79 Å². The first kappa shape index (κ1) is 54.1. The molecule has 13 unspecified atom stereocenters. The third-order valence-corrected chi connectivity index (χ3v) is 16.0. The molecule has 4 aliphatic rings. The average Bonchev–Trinajstić information content (AvgIpc) is 3.77. The van der Waals surface area contributed by atoms with E-state index in [1.54, 1.807) is 28.3 Å². The van der Waals surface area contributed by atoms with E-state index in [9.17, 15) is 24.3 Å². The van der Waals surface area contributed by atoms with Gasteiger partial charge < -0.3 is 43.0 Å². The summed E-state index contributed by atoms with van der Waals surface area (Å²) in [5, 5.41) is 13.3. The van der Waals surface area contributed by atoms with E-state index in [1.165, 1.54) is 10.5 Å². The molecule has 3 aliphatic heterocycles. The molecule has 3 fully saturated rings. The number of hydrogen-bond acceptors (Lipinski definition) is 11. The molecular weight excluding hydrogens is 901 g/mol. The van der Waals surface area contributed by atoms with Gasteiger partial charge in [0.25, 0.3) is 11.7 Å². The van der Waals surface area contributed by atoms with E-state index in [0.29, 0.717) is 57.8 Å². The van der Waals surface area contributed by atoms with E-state index < -0.39 is 59.8 Å². The van der Waals surface area contributed by atoms with Crippen molar-refractivity contribution < 1.29 is 52.7 Å². The van der Waals surface area contributed by atoms with E-state index >= 15 is 0 Å². The number of aromatic nitrogens is 1. The summed E-state index contributed by atoms with van der Waals surface area (Å²) >= 11 is 0. The number of rotatable bonds is 10.